The van der Waals surface area contributed by atoms with E-state index in [1.165, 1.54) is 13.2 Å². The molecule has 0 radical (unpaired) electrons. The standard InChI is InChI=1S/C9H11Cl2NO5S2/c1-17-4-5-18(13,14)12-9-3-2-7(6-8(9)10)19(11,15)16/h2-3,6,12H,4-5H2,1H3. The molecule has 0 saturated heterocycles. The van der Waals surface area contributed by atoms with Crippen molar-refractivity contribution in [3.63, 3.8) is 0 Å². The second-order valence-corrected chi connectivity index (χ2v) is 8.31. The summed E-state index contributed by atoms with van der Waals surface area (Å²) in [6.07, 6.45) is 0. The molecule has 0 spiro atoms. The first kappa shape index (κ1) is 16.5. The molecule has 0 bridgehead atoms. The van der Waals surface area contributed by atoms with E-state index in [4.69, 9.17) is 22.3 Å². The number of halogens is 2. The molecule has 0 aromatic heterocycles. The molecule has 0 heterocycles. The van der Waals surface area contributed by atoms with Crippen LogP contribution in [0.15, 0.2) is 23.1 Å². The van der Waals surface area contributed by atoms with E-state index >= 15 is 0 Å². The lowest BCUT2D eigenvalue weighted by molar-refractivity contribution is 0.217. The minimum absolute atomic E-state index is 0.0289. The lowest BCUT2D eigenvalue weighted by atomic mass is 10.3. The Morgan fingerprint density at radius 2 is 1.89 bits per heavy atom. The monoisotopic (exact) mass is 347 g/mol. The van der Waals surface area contributed by atoms with E-state index in [-0.39, 0.29) is 28.0 Å². The molecule has 0 atom stereocenters. The number of sulfonamides is 1. The van der Waals surface area contributed by atoms with Crippen LogP contribution in [0.4, 0.5) is 5.69 Å². The van der Waals surface area contributed by atoms with Gasteiger partial charge in [-0.2, -0.15) is 0 Å². The Morgan fingerprint density at radius 3 is 2.37 bits per heavy atom. The zero-order valence-corrected chi connectivity index (χ0v) is 12.9. The first-order valence-electron chi connectivity index (χ1n) is 4.89. The fraction of sp³-hybridized carbons (Fsp3) is 0.333. The van der Waals surface area contributed by atoms with Crippen molar-refractivity contribution < 1.29 is 21.6 Å². The quantitative estimate of drug-likeness (QED) is 0.790. The van der Waals surface area contributed by atoms with Crippen molar-refractivity contribution in [3.05, 3.63) is 23.2 Å². The normalized spacial score (nSPS) is 12.4. The van der Waals surface area contributed by atoms with Gasteiger partial charge in [0.15, 0.2) is 0 Å². The van der Waals surface area contributed by atoms with Gasteiger partial charge in [0.25, 0.3) is 9.05 Å². The number of anilines is 1. The highest BCUT2D eigenvalue weighted by Crippen LogP contribution is 2.27. The van der Waals surface area contributed by atoms with Crippen LogP contribution in [0.2, 0.25) is 5.02 Å². The van der Waals surface area contributed by atoms with Crippen LogP contribution in [0, 0.1) is 0 Å². The molecule has 10 heteroatoms. The van der Waals surface area contributed by atoms with Crippen LogP contribution >= 0.6 is 22.3 Å². The van der Waals surface area contributed by atoms with Gasteiger partial charge in [-0.1, -0.05) is 11.6 Å². The van der Waals surface area contributed by atoms with E-state index in [9.17, 15) is 16.8 Å². The van der Waals surface area contributed by atoms with Crippen LogP contribution in [0.1, 0.15) is 0 Å². The van der Waals surface area contributed by atoms with Gasteiger partial charge in [-0.3, -0.25) is 4.72 Å². The molecule has 0 amide bonds. The van der Waals surface area contributed by atoms with Crippen LogP contribution in [-0.2, 0) is 23.8 Å². The van der Waals surface area contributed by atoms with E-state index < -0.39 is 19.1 Å². The van der Waals surface area contributed by atoms with Crippen LogP contribution in [-0.4, -0.2) is 36.3 Å². The number of hydrogen-bond donors (Lipinski definition) is 1. The molecular formula is C9H11Cl2NO5S2. The lowest BCUT2D eigenvalue weighted by Crippen LogP contribution is -2.19. The van der Waals surface area contributed by atoms with Crippen LogP contribution in [0.25, 0.3) is 0 Å². The topological polar surface area (TPSA) is 89.5 Å². The number of ether oxygens (including phenoxy) is 1. The van der Waals surface area contributed by atoms with Crippen LogP contribution in [0.5, 0.6) is 0 Å². The second-order valence-electron chi connectivity index (χ2n) is 3.49. The minimum Gasteiger partial charge on any atom is -0.384 e. The fourth-order valence-corrected chi connectivity index (χ4v) is 3.27. The summed E-state index contributed by atoms with van der Waals surface area (Å²) in [6.45, 7) is 0.0289. The van der Waals surface area contributed by atoms with Crippen molar-refractivity contribution >= 4 is 47.0 Å². The van der Waals surface area contributed by atoms with Crippen molar-refractivity contribution in [2.75, 3.05) is 24.2 Å². The smallest absolute Gasteiger partial charge is 0.261 e. The molecule has 6 nitrogen and oxygen atoms in total. The highest BCUT2D eigenvalue weighted by atomic mass is 35.7. The Labute approximate surface area is 121 Å². The summed E-state index contributed by atoms with van der Waals surface area (Å²) in [6, 6.07) is 3.45. The molecule has 0 aliphatic carbocycles. The van der Waals surface area contributed by atoms with E-state index in [0.717, 1.165) is 12.1 Å². The lowest BCUT2D eigenvalue weighted by Gasteiger charge is -2.09. The molecule has 19 heavy (non-hydrogen) atoms. The summed E-state index contributed by atoms with van der Waals surface area (Å²) in [4.78, 5) is -0.209. The largest absolute Gasteiger partial charge is 0.384 e. The van der Waals surface area contributed by atoms with Gasteiger partial charge in [-0.05, 0) is 18.2 Å². The van der Waals surface area contributed by atoms with Gasteiger partial charge in [-0.25, -0.2) is 16.8 Å². The Kier molecular flexibility index (Phi) is 5.45. The van der Waals surface area contributed by atoms with Gasteiger partial charge < -0.3 is 4.74 Å². The Morgan fingerprint density at radius 1 is 1.26 bits per heavy atom. The summed E-state index contributed by atoms with van der Waals surface area (Å²) in [7, 11) is -0.998. The minimum atomic E-state index is -3.91. The molecule has 1 rings (SSSR count). The Balaban J connectivity index is 2.99. The van der Waals surface area contributed by atoms with E-state index in [2.05, 4.69) is 9.46 Å². The van der Waals surface area contributed by atoms with Gasteiger partial charge in [-0.15, -0.1) is 0 Å². The van der Waals surface area contributed by atoms with E-state index in [1.54, 1.807) is 0 Å². The van der Waals surface area contributed by atoms with Crippen LogP contribution in [0.3, 0.4) is 0 Å². The number of methoxy groups -OCH3 is 1. The molecule has 1 N–H and O–H groups in total. The second kappa shape index (κ2) is 6.27. The maximum Gasteiger partial charge on any atom is 0.261 e. The van der Waals surface area contributed by atoms with E-state index in [1.807, 2.05) is 0 Å². The number of benzene rings is 1. The molecule has 0 saturated carbocycles. The summed E-state index contributed by atoms with van der Waals surface area (Å²) < 4.78 is 52.2. The third-order valence-electron chi connectivity index (χ3n) is 2.04. The molecule has 0 fully saturated rings. The van der Waals surface area contributed by atoms with Gasteiger partial charge >= 0.3 is 0 Å². The van der Waals surface area contributed by atoms with Gasteiger partial charge in [0, 0.05) is 17.8 Å². The van der Waals surface area contributed by atoms with Crippen molar-refractivity contribution in [2.24, 2.45) is 0 Å². The third kappa shape index (κ3) is 5.15. The SMILES string of the molecule is COCCS(=O)(=O)Nc1ccc(S(=O)(=O)Cl)cc1Cl. The highest BCUT2D eigenvalue weighted by molar-refractivity contribution is 8.13. The summed E-state index contributed by atoms with van der Waals surface area (Å²) in [5, 5.41) is -0.0669. The molecule has 0 aliphatic rings. The molecular weight excluding hydrogens is 337 g/mol. The van der Waals surface area contributed by atoms with Crippen molar-refractivity contribution in [1.29, 1.82) is 0 Å². The summed E-state index contributed by atoms with van der Waals surface area (Å²) >= 11 is 5.79. The van der Waals surface area contributed by atoms with Crippen molar-refractivity contribution in [1.82, 2.24) is 0 Å². The zero-order valence-electron chi connectivity index (χ0n) is 9.76. The molecule has 1 aromatic rings. The fourth-order valence-electron chi connectivity index (χ4n) is 1.14. The maximum atomic E-state index is 11.6. The Bertz CT molecular complexity index is 657. The average Bonchev–Trinajstić information content (AvgIpc) is 2.27. The predicted octanol–water partition coefficient (Wildman–Crippen LogP) is 1.66. The van der Waals surface area contributed by atoms with Crippen molar-refractivity contribution in [2.45, 2.75) is 4.90 Å². The summed E-state index contributed by atoms with van der Waals surface area (Å²) in [5.74, 6) is -0.241. The molecule has 108 valence electrons. The van der Waals surface area contributed by atoms with E-state index in [0.29, 0.717) is 0 Å². The molecule has 0 unspecified atom stereocenters. The average molecular weight is 348 g/mol. The predicted molar refractivity (Wildman–Crippen MR) is 73.8 cm³/mol. The van der Waals surface area contributed by atoms with Gasteiger partial charge in [0.05, 0.1) is 28.0 Å². The number of rotatable bonds is 6. The zero-order chi connectivity index (χ0) is 14.7. The number of hydrogen-bond acceptors (Lipinski definition) is 5. The number of nitrogens with one attached hydrogen (secondary N) is 1. The van der Waals surface area contributed by atoms with Crippen LogP contribution < -0.4 is 4.72 Å². The highest BCUT2D eigenvalue weighted by Gasteiger charge is 2.16. The van der Waals surface area contributed by atoms with Gasteiger partial charge in [0.1, 0.15) is 0 Å². The first-order chi connectivity index (χ1) is 8.65. The molecule has 0 aliphatic heterocycles. The summed E-state index contributed by atoms with van der Waals surface area (Å²) in [5.41, 5.74) is 0.0711. The molecule has 1 aromatic carbocycles. The Hall–Kier alpha value is -0.540. The maximum absolute atomic E-state index is 11.6. The van der Waals surface area contributed by atoms with Gasteiger partial charge in [0.2, 0.25) is 10.0 Å². The third-order valence-corrected chi connectivity index (χ3v) is 4.94. The first-order valence-corrected chi connectivity index (χ1v) is 9.23. The van der Waals surface area contributed by atoms with Crippen molar-refractivity contribution in [3.8, 4) is 0 Å².